The Bertz CT molecular complexity index is 1800. The molecule has 1 saturated carbocycles. The van der Waals surface area contributed by atoms with Crippen LogP contribution in [0.25, 0.3) is 11.1 Å². The molecule has 1 fully saturated rings. The Balaban J connectivity index is 1.10. The Morgan fingerprint density at radius 2 is 1.91 bits per heavy atom. The molecule has 1 aliphatic heterocycles. The van der Waals surface area contributed by atoms with E-state index in [1.165, 1.54) is 11.1 Å². The van der Waals surface area contributed by atoms with Gasteiger partial charge in [-0.1, -0.05) is 36.4 Å². The van der Waals surface area contributed by atoms with E-state index in [2.05, 4.69) is 47.8 Å². The Kier molecular flexibility index (Phi) is 9.26. The highest BCUT2D eigenvalue weighted by Crippen LogP contribution is 2.57. The van der Waals surface area contributed by atoms with Crippen molar-refractivity contribution in [3.05, 3.63) is 95.3 Å². The summed E-state index contributed by atoms with van der Waals surface area (Å²) in [6, 6.07) is 17.9. The predicted molar refractivity (Wildman–Crippen MR) is 180 cm³/mol. The first-order valence-electron chi connectivity index (χ1n) is 15.9. The molecular weight excluding hydrogens is 596 g/mol. The second kappa shape index (κ2) is 13.7. The monoisotopic (exact) mass is 636 g/mol. The number of fused-ring (bicyclic) bond motifs is 3. The smallest absolute Gasteiger partial charge is 0.322 e. The Labute approximate surface area is 273 Å². The molecule has 3 atom stereocenters. The second-order valence-electron chi connectivity index (χ2n) is 12.4. The zero-order valence-electron chi connectivity index (χ0n) is 26.6. The number of amides is 3. The number of ether oxygens (including phenoxy) is 1. The second-order valence-corrected chi connectivity index (χ2v) is 12.4. The van der Waals surface area contributed by atoms with Crippen LogP contribution >= 0.6 is 0 Å². The Hall–Kier alpha value is -5.16. The molecule has 11 heteroatoms. The van der Waals surface area contributed by atoms with Gasteiger partial charge in [0.15, 0.2) is 0 Å². The van der Waals surface area contributed by atoms with Gasteiger partial charge in [-0.25, -0.2) is 4.79 Å². The fourth-order valence-corrected chi connectivity index (χ4v) is 6.21. The van der Waals surface area contributed by atoms with Gasteiger partial charge in [-0.3, -0.25) is 14.3 Å². The average molecular weight is 637 g/mol. The number of carboxylic acids is 1. The van der Waals surface area contributed by atoms with Gasteiger partial charge in [-0.15, -0.1) is 0 Å². The third-order valence-corrected chi connectivity index (χ3v) is 9.01. The van der Waals surface area contributed by atoms with Crippen LogP contribution in [0, 0.1) is 19.8 Å². The van der Waals surface area contributed by atoms with Crippen LogP contribution in [-0.4, -0.2) is 58.5 Å². The summed E-state index contributed by atoms with van der Waals surface area (Å²) < 4.78 is 7.85. The number of anilines is 2. The molecule has 0 radical (unpaired) electrons. The molecule has 2 heterocycles. The summed E-state index contributed by atoms with van der Waals surface area (Å²) in [6.07, 6.45) is 6.03. The lowest BCUT2D eigenvalue weighted by Gasteiger charge is -2.30. The molecule has 0 bridgehead atoms. The van der Waals surface area contributed by atoms with Crippen molar-refractivity contribution in [1.29, 1.82) is 0 Å². The molecule has 3 aromatic carbocycles. The number of carbonyl (C=O) groups is 3. The highest BCUT2D eigenvalue weighted by Gasteiger charge is 2.47. The predicted octanol–water partition coefficient (Wildman–Crippen LogP) is 5.06. The molecule has 244 valence electrons. The van der Waals surface area contributed by atoms with Gasteiger partial charge < -0.3 is 31.1 Å². The zero-order valence-corrected chi connectivity index (χ0v) is 26.6. The van der Waals surface area contributed by atoms with Crippen LogP contribution in [-0.2, 0) is 16.1 Å². The molecule has 1 unspecified atom stereocenters. The van der Waals surface area contributed by atoms with E-state index >= 15 is 0 Å². The number of nitrogens with zero attached hydrogens (tertiary/aromatic N) is 3. The summed E-state index contributed by atoms with van der Waals surface area (Å²) in [4.78, 5) is 38.6. The minimum atomic E-state index is -1.18. The lowest BCUT2D eigenvalue weighted by Crippen LogP contribution is -2.43. The van der Waals surface area contributed by atoms with Crippen molar-refractivity contribution in [3.8, 4) is 16.9 Å². The first-order valence-corrected chi connectivity index (χ1v) is 15.9. The Morgan fingerprint density at radius 1 is 1.11 bits per heavy atom. The van der Waals surface area contributed by atoms with E-state index in [-0.39, 0.29) is 12.5 Å². The molecule has 2 aliphatic rings. The van der Waals surface area contributed by atoms with Gasteiger partial charge in [0.2, 0.25) is 5.91 Å². The van der Waals surface area contributed by atoms with E-state index in [4.69, 9.17) is 15.6 Å². The van der Waals surface area contributed by atoms with Gasteiger partial charge in [-0.05, 0) is 90.6 Å². The van der Waals surface area contributed by atoms with E-state index in [1.807, 2.05) is 58.4 Å². The molecular formula is C36H40N6O5. The van der Waals surface area contributed by atoms with Crippen LogP contribution in [0.4, 0.5) is 16.2 Å². The van der Waals surface area contributed by atoms with E-state index in [1.54, 1.807) is 6.07 Å². The summed E-state index contributed by atoms with van der Waals surface area (Å²) in [5, 5.41) is 18.7. The van der Waals surface area contributed by atoms with Crippen LogP contribution in [0.3, 0.4) is 0 Å². The number of hydrogen-bond donors (Lipinski definition) is 4. The number of aliphatic carboxylic acids is 1. The summed E-state index contributed by atoms with van der Waals surface area (Å²) in [5.41, 5.74) is 13.6. The maximum absolute atomic E-state index is 13.5. The van der Waals surface area contributed by atoms with Gasteiger partial charge in [0.1, 0.15) is 11.8 Å². The van der Waals surface area contributed by atoms with E-state index in [0.717, 1.165) is 46.7 Å². The molecule has 0 spiro atoms. The van der Waals surface area contributed by atoms with Gasteiger partial charge in [0.25, 0.3) is 0 Å². The number of aryl methyl sites for hydroxylation is 1. The summed E-state index contributed by atoms with van der Waals surface area (Å²) >= 11 is 0. The molecule has 47 heavy (non-hydrogen) atoms. The molecule has 5 N–H and O–H groups in total. The largest absolute Gasteiger partial charge is 0.493 e. The minimum absolute atomic E-state index is 0.126. The van der Waals surface area contributed by atoms with Crippen molar-refractivity contribution >= 4 is 29.3 Å². The quantitative estimate of drug-likeness (QED) is 0.159. The van der Waals surface area contributed by atoms with Gasteiger partial charge in [0.05, 0.1) is 19.3 Å². The highest BCUT2D eigenvalue weighted by molar-refractivity contribution is 5.97. The first-order chi connectivity index (χ1) is 22.7. The number of benzene rings is 3. The summed E-state index contributed by atoms with van der Waals surface area (Å²) in [6.45, 7) is 5.67. The van der Waals surface area contributed by atoms with Crippen LogP contribution in [0.15, 0.2) is 73.1 Å². The van der Waals surface area contributed by atoms with E-state index in [9.17, 15) is 14.4 Å². The summed E-state index contributed by atoms with van der Waals surface area (Å²) in [7, 11) is 0. The average Bonchev–Trinajstić information content (AvgIpc) is 3.71. The minimum Gasteiger partial charge on any atom is -0.493 e. The number of hydrogen-bond acceptors (Lipinski definition) is 6. The molecule has 1 aromatic heterocycles. The molecule has 4 aromatic rings. The van der Waals surface area contributed by atoms with Gasteiger partial charge >= 0.3 is 12.0 Å². The molecule has 1 aliphatic carbocycles. The lowest BCUT2D eigenvalue weighted by molar-refractivity contribution is -0.138. The molecule has 6 rings (SSSR count). The number of nitrogens with one attached hydrogen (secondary N) is 2. The number of nitrogens with two attached hydrogens (primary N) is 1. The SMILES string of the molecule is Cc1cccc(OCCCC(=O)N2C[C@@H]3C[C@@H]3c3c(-c4cnn(Cc5cccc(NC(=O)NCC(N)C(=O)O)c5)c4)cccc32)c1C. The third-order valence-electron chi connectivity index (χ3n) is 9.01. The number of carbonyl (C=O) groups excluding carboxylic acids is 2. The topological polar surface area (TPSA) is 152 Å². The standard InChI is InChI=1S/C36H40N6O5/c1-22-7-3-12-32(23(22)2)47-14-6-13-33(43)42-21-25-16-29(25)34-28(10-5-11-31(34)42)26-17-39-41(20-26)19-24-8-4-9-27(15-24)40-36(46)38-18-30(37)35(44)45/h3-5,7-12,15,17,20,25,29-30H,6,13-14,16,18-19,21,37H2,1-2H3,(H,44,45)(H2,38,40,46)/t25-,29-,30?/m0/s1. The zero-order chi connectivity index (χ0) is 33.1. The number of aromatic nitrogens is 2. The van der Waals surface area contributed by atoms with Crippen LogP contribution in [0.5, 0.6) is 5.75 Å². The molecule has 11 nitrogen and oxygen atoms in total. The van der Waals surface area contributed by atoms with Crippen molar-refractivity contribution in [3.63, 3.8) is 0 Å². The first kappa shape index (κ1) is 31.8. The van der Waals surface area contributed by atoms with Crippen LogP contribution < -0.4 is 26.0 Å². The number of rotatable bonds is 12. The van der Waals surface area contributed by atoms with Crippen molar-refractivity contribution in [2.45, 2.75) is 51.6 Å². The normalized spacial score (nSPS) is 16.9. The number of urea groups is 1. The van der Waals surface area contributed by atoms with E-state index in [0.29, 0.717) is 43.5 Å². The van der Waals surface area contributed by atoms with Crippen molar-refractivity contribution in [2.75, 3.05) is 29.9 Å². The maximum atomic E-state index is 13.5. The van der Waals surface area contributed by atoms with E-state index < -0.39 is 18.0 Å². The van der Waals surface area contributed by atoms with Crippen LogP contribution in [0.2, 0.25) is 0 Å². The van der Waals surface area contributed by atoms with Crippen molar-refractivity contribution in [1.82, 2.24) is 15.1 Å². The van der Waals surface area contributed by atoms with Gasteiger partial charge in [-0.2, -0.15) is 5.10 Å². The fraction of sp³-hybridized carbons (Fsp3) is 0.333. The fourth-order valence-electron chi connectivity index (χ4n) is 6.21. The van der Waals surface area contributed by atoms with Crippen molar-refractivity contribution in [2.24, 2.45) is 11.7 Å². The molecule has 3 amide bonds. The maximum Gasteiger partial charge on any atom is 0.322 e. The molecule has 0 saturated heterocycles. The van der Waals surface area contributed by atoms with Crippen LogP contribution in [0.1, 0.15) is 47.4 Å². The number of carboxylic acid groups (broad SMARTS) is 1. The highest BCUT2D eigenvalue weighted by atomic mass is 16.5. The summed E-state index contributed by atoms with van der Waals surface area (Å²) in [5.74, 6) is 0.733. The van der Waals surface area contributed by atoms with Crippen molar-refractivity contribution < 1.29 is 24.2 Å². The Morgan fingerprint density at radius 3 is 2.74 bits per heavy atom. The lowest BCUT2D eigenvalue weighted by atomic mass is 9.92. The van der Waals surface area contributed by atoms with Gasteiger partial charge in [0, 0.05) is 42.6 Å². The third kappa shape index (κ3) is 7.30.